The molecule has 2 atom stereocenters. The van der Waals surface area contributed by atoms with Crippen LogP contribution in [0, 0.1) is 17.2 Å². The van der Waals surface area contributed by atoms with Crippen molar-refractivity contribution in [2.45, 2.75) is 26.3 Å². The molecule has 1 rings (SSSR count). The van der Waals surface area contributed by atoms with Crippen molar-refractivity contribution >= 4 is 5.91 Å². The Morgan fingerprint density at radius 2 is 2.36 bits per heavy atom. The highest BCUT2D eigenvalue weighted by Gasteiger charge is 2.33. The fourth-order valence-electron chi connectivity index (χ4n) is 1.41. The molecule has 1 aliphatic heterocycles. The van der Waals surface area contributed by atoms with Gasteiger partial charge in [-0.25, -0.2) is 0 Å². The van der Waals surface area contributed by atoms with Crippen molar-refractivity contribution in [1.29, 1.82) is 5.26 Å². The molecule has 0 aliphatic carbocycles. The fraction of sp³-hybridized carbons (Fsp3) is 0.750. The Balaban J connectivity index is 2.65. The van der Waals surface area contributed by atoms with Gasteiger partial charge in [0, 0.05) is 12.5 Å². The molecule has 1 heterocycles. The molecule has 0 bridgehead atoms. The molecule has 0 saturated carbocycles. The highest BCUT2D eigenvalue weighted by Crippen LogP contribution is 2.23. The molecule has 0 radical (unpaired) electrons. The molecular formula is C8H12N2O. The molecule has 1 saturated heterocycles. The molecule has 0 aromatic carbocycles. The highest BCUT2D eigenvalue weighted by molar-refractivity contribution is 5.79. The van der Waals surface area contributed by atoms with Crippen LogP contribution in [0.1, 0.15) is 20.3 Å². The maximum atomic E-state index is 11.2. The minimum absolute atomic E-state index is 0.117. The number of amides is 1. The van der Waals surface area contributed by atoms with Crippen molar-refractivity contribution in [3.05, 3.63) is 0 Å². The Morgan fingerprint density at radius 1 is 1.73 bits per heavy atom. The lowest BCUT2D eigenvalue weighted by Crippen LogP contribution is -2.32. The summed E-state index contributed by atoms with van der Waals surface area (Å²) in [7, 11) is 0. The average molecular weight is 152 g/mol. The van der Waals surface area contributed by atoms with Crippen LogP contribution >= 0.6 is 0 Å². The van der Waals surface area contributed by atoms with E-state index in [0.29, 0.717) is 12.3 Å². The van der Waals surface area contributed by atoms with Gasteiger partial charge >= 0.3 is 0 Å². The maximum Gasteiger partial charge on any atom is 0.224 e. The van der Waals surface area contributed by atoms with E-state index >= 15 is 0 Å². The Bertz CT molecular complexity index is 207. The van der Waals surface area contributed by atoms with Crippen LogP contribution in [-0.2, 0) is 4.79 Å². The van der Waals surface area contributed by atoms with Gasteiger partial charge in [0.05, 0.1) is 6.07 Å². The zero-order chi connectivity index (χ0) is 8.43. The Labute approximate surface area is 66.6 Å². The number of carbonyl (C=O) groups is 1. The standard InChI is InChI=1S/C8H12N2O/c1-6-5-8(11)10(4-3-9)7(6)2/h6-7H,4-5H2,1-2H3. The molecule has 11 heavy (non-hydrogen) atoms. The predicted molar refractivity (Wildman–Crippen MR) is 40.6 cm³/mol. The minimum Gasteiger partial charge on any atom is -0.326 e. The summed E-state index contributed by atoms with van der Waals surface area (Å²) >= 11 is 0. The van der Waals surface area contributed by atoms with Gasteiger partial charge in [0.15, 0.2) is 0 Å². The average Bonchev–Trinajstić information content (AvgIpc) is 2.17. The van der Waals surface area contributed by atoms with Crippen LogP contribution < -0.4 is 0 Å². The molecule has 0 spiro atoms. The lowest BCUT2D eigenvalue weighted by molar-refractivity contribution is -0.128. The van der Waals surface area contributed by atoms with Crippen LogP contribution in [0.3, 0.4) is 0 Å². The third-order valence-corrected chi connectivity index (χ3v) is 2.37. The third kappa shape index (κ3) is 1.35. The second kappa shape index (κ2) is 2.91. The summed E-state index contributed by atoms with van der Waals surface area (Å²) < 4.78 is 0. The topological polar surface area (TPSA) is 44.1 Å². The van der Waals surface area contributed by atoms with E-state index in [1.165, 1.54) is 0 Å². The van der Waals surface area contributed by atoms with E-state index in [-0.39, 0.29) is 18.5 Å². The zero-order valence-electron chi connectivity index (χ0n) is 6.87. The summed E-state index contributed by atoms with van der Waals surface area (Å²) in [6.45, 7) is 4.27. The molecule has 3 heteroatoms. The normalized spacial score (nSPS) is 30.6. The molecule has 0 N–H and O–H groups in total. The van der Waals surface area contributed by atoms with E-state index in [0.717, 1.165) is 0 Å². The fourth-order valence-corrected chi connectivity index (χ4v) is 1.41. The summed E-state index contributed by atoms with van der Waals surface area (Å²) in [5.41, 5.74) is 0. The smallest absolute Gasteiger partial charge is 0.224 e. The van der Waals surface area contributed by atoms with E-state index in [1.807, 2.05) is 19.9 Å². The Morgan fingerprint density at radius 3 is 2.73 bits per heavy atom. The van der Waals surface area contributed by atoms with Gasteiger partial charge in [-0.2, -0.15) is 5.26 Å². The van der Waals surface area contributed by atoms with Crippen molar-refractivity contribution in [3.63, 3.8) is 0 Å². The first kappa shape index (κ1) is 8.06. The Hall–Kier alpha value is -1.04. The van der Waals surface area contributed by atoms with Gasteiger partial charge in [-0.05, 0) is 12.8 Å². The molecule has 3 nitrogen and oxygen atoms in total. The van der Waals surface area contributed by atoms with Gasteiger partial charge in [-0.1, -0.05) is 6.92 Å². The number of nitriles is 1. The quantitative estimate of drug-likeness (QED) is 0.521. The minimum atomic E-state index is 0.117. The summed E-state index contributed by atoms with van der Waals surface area (Å²) in [5, 5.41) is 8.40. The van der Waals surface area contributed by atoms with Crippen LogP contribution in [0.15, 0.2) is 0 Å². The van der Waals surface area contributed by atoms with Crippen LogP contribution in [0.25, 0.3) is 0 Å². The first-order valence-corrected chi connectivity index (χ1v) is 3.83. The molecule has 2 unspecified atom stereocenters. The summed E-state index contributed by atoms with van der Waals surface area (Å²) in [6.07, 6.45) is 0.600. The number of hydrogen-bond donors (Lipinski definition) is 0. The lowest BCUT2D eigenvalue weighted by atomic mass is 10.1. The van der Waals surface area contributed by atoms with E-state index in [4.69, 9.17) is 5.26 Å². The molecular weight excluding hydrogens is 140 g/mol. The van der Waals surface area contributed by atoms with Gasteiger partial charge in [-0.15, -0.1) is 0 Å². The van der Waals surface area contributed by atoms with E-state index in [1.54, 1.807) is 4.90 Å². The molecule has 1 aliphatic rings. The van der Waals surface area contributed by atoms with Crippen molar-refractivity contribution in [3.8, 4) is 6.07 Å². The molecule has 60 valence electrons. The molecule has 0 aromatic heterocycles. The van der Waals surface area contributed by atoms with E-state index in [2.05, 4.69) is 0 Å². The third-order valence-electron chi connectivity index (χ3n) is 2.37. The first-order valence-electron chi connectivity index (χ1n) is 3.83. The van der Waals surface area contributed by atoms with Gasteiger partial charge in [0.2, 0.25) is 5.91 Å². The number of hydrogen-bond acceptors (Lipinski definition) is 2. The van der Waals surface area contributed by atoms with Gasteiger partial charge in [-0.3, -0.25) is 4.79 Å². The number of carbonyl (C=O) groups excluding carboxylic acids is 1. The second-order valence-corrected chi connectivity index (χ2v) is 3.10. The Kier molecular flexibility index (Phi) is 2.13. The predicted octanol–water partition coefficient (Wildman–Crippen LogP) is 0.767. The summed E-state index contributed by atoms with van der Waals surface area (Å²) in [5.74, 6) is 0.516. The van der Waals surface area contributed by atoms with E-state index < -0.39 is 0 Å². The van der Waals surface area contributed by atoms with Gasteiger partial charge in [0.25, 0.3) is 0 Å². The summed E-state index contributed by atoms with van der Waals surface area (Å²) in [6, 6.07) is 2.23. The van der Waals surface area contributed by atoms with E-state index in [9.17, 15) is 4.79 Å². The summed E-state index contributed by atoms with van der Waals surface area (Å²) in [4.78, 5) is 12.8. The maximum absolute atomic E-state index is 11.2. The monoisotopic (exact) mass is 152 g/mol. The molecule has 1 fully saturated rings. The number of rotatable bonds is 1. The van der Waals surface area contributed by atoms with Crippen LogP contribution in [-0.4, -0.2) is 23.4 Å². The largest absolute Gasteiger partial charge is 0.326 e. The first-order chi connectivity index (χ1) is 5.16. The second-order valence-electron chi connectivity index (χ2n) is 3.10. The van der Waals surface area contributed by atoms with Crippen molar-refractivity contribution in [2.75, 3.05) is 6.54 Å². The number of likely N-dealkylation sites (tertiary alicyclic amines) is 1. The molecule has 0 aromatic rings. The molecule has 1 amide bonds. The van der Waals surface area contributed by atoms with Crippen molar-refractivity contribution in [2.24, 2.45) is 5.92 Å². The van der Waals surface area contributed by atoms with Crippen LogP contribution in [0.5, 0.6) is 0 Å². The SMILES string of the molecule is CC1CC(=O)N(CC#N)C1C. The van der Waals surface area contributed by atoms with Crippen LogP contribution in [0.4, 0.5) is 0 Å². The van der Waals surface area contributed by atoms with Gasteiger partial charge < -0.3 is 4.90 Å². The zero-order valence-corrected chi connectivity index (χ0v) is 6.87. The highest BCUT2D eigenvalue weighted by atomic mass is 16.2. The van der Waals surface area contributed by atoms with Crippen molar-refractivity contribution < 1.29 is 4.79 Å². The van der Waals surface area contributed by atoms with Crippen LogP contribution in [0.2, 0.25) is 0 Å². The van der Waals surface area contributed by atoms with Crippen molar-refractivity contribution in [1.82, 2.24) is 4.90 Å². The van der Waals surface area contributed by atoms with Gasteiger partial charge in [0.1, 0.15) is 6.54 Å². The lowest BCUT2D eigenvalue weighted by Gasteiger charge is -2.19. The number of nitrogens with zero attached hydrogens (tertiary/aromatic N) is 2.